The monoisotopic (exact) mass is 263 g/mol. The Morgan fingerprint density at radius 3 is 2.58 bits per heavy atom. The molecular formula is C15H25N3O. The van der Waals surface area contributed by atoms with Gasteiger partial charge in [-0.05, 0) is 43.9 Å². The highest BCUT2D eigenvalue weighted by molar-refractivity contribution is 5.79. The highest BCUT2D eigenvalue weighted by Gasteiger charge is 2.04. The number of hydrogen-bond acceptors (Lipinski definition) is 3. The third-order valence-corrected chi connectivity index (χ3v) is 3.33. The maximum absolute atomic E-state index is 8.42. The van der Waals surface area contributed by atoms with E-state index in [-0.39, 0.29) is 0 Å². The molecule has 0 aliphatic heterocycles. The summed E-state index contributed by atoms with van der Waals surface area (Å²) in [6, 6.07) is 9.10. The number of nitrogens with two attached hydrogens (primary N) is 1. The summed E-state index contributed by atoms with van der Waals surface area (Å²) in [6.07, 6.45) is 3.69. The summed E-state index contributed by atoms with van der Waals surface area (Å²) in [5.74, 6) is 0.309. The maximum Gasteiger partial charge on any atom is 0.139 e. The van der Waals surface area contributed by atoms with Crippen molar-refractivity contribution in [3.8, 4) is 0 Å². The number of benzene rings is 1. The van der Waals surface area contributed by atoms with Crippen molar-refractivity contribution in [2.45, 2.75) is 45.6 Å². The first-order valence-corrected chi connectivity index (χ1v) is 6.96. The Labute approximate surface area is 115 Å². The Balaban J connectivity index is 2.25. The molecule has 0 bridgehead atoms. The van der Waals surface area contributed by atoms with Gasteiger partial charge in [-0.15, -0.1) is 0 Å². The standard InChI is InChI=1S/C15H25N3O/c1-3-13-7-9-14(10-8-13)12(2)17-11-5-4-6-15(16)18-19/h7-10,12,17,19H,3-6,11H2,1-2H3,(H2,16,18). The van der Waals surface area contributed by atoms with Crippen molar-refractivity contribution in [3.05, 3.63) is 35.4 Å². The summed E-state index contributed by atoms with van der Waals surface area (Å²) in [7, 11) is 0. The van der Waals surface area contributed by atoms with Crippen LogP contribution in [0.2, 0.25) is 0 Å². The number of oxime groups is 1. The van der Waals surface area contributed by atoms with E-state index in [0.717, 1.165) is 25.8 Å². The minimum Gasteiger partial charge on any atom is -0.409 e. The molecule has 0 saturated heterocycles. The van der Waals surface area contributed by atoms with Crippen molar-refractivity contribution in [3.63, 3.8) is 0 Å². The summed E-state index contributed by atoms with van der Waals surface area (Å²) in [4.78, 5) is 0. The van der Waals surface area contributed by atoms with Crippen LogP contribution in [0, 0.1) is 0 Å². The molecule has 0 amide bonds. The average molecular weight is 263 g/mol. The summed E-state index contributed by atoms with van der Waals surface area (Å²) >= 11 is 0. The molecule has 0 aromatic heterocycles. The number of rotatable bonds is 8. The molecule has 1 aromatic carbocycles. The van der Waals surface area contributed by atoms with Crippen LogP contribution >= 0.6 is 0 Å². The van der Waals surface area contributed by atoms with E-state index in [1.165, 1.54) is 11.1 Å². The molecule has 0 heterocycles. The van der Waals surface area contributed by atoms with Crippen molar-refractivity contribution in [2.24, 2.45) is 10.9 Å². The fourth-order valence-corrected chi connectivity index (χ4v) is 1.96. The van der Waals surface area contributed by atoms with Crippen molar-refractivity contribution in [1.82, 2.24) is 5.32 Å². The van der Waals surface area contributed by atoms with E-state index in [0.29, 0.717) is 18.3 Å². The predicted molar refractivity (Wildman–Crippen MR) is 79.5 cm³/mol. The highest BCUT2D eigenvalue weighted by atomic mass is 16.4. The summed E-state index contributed by atoms with van der Waals surface area (Å²) in [5.41, 5.74) is 8.10. The van der Waals surface area contributed by atoms with Gasteiger partial charge in [-0.3, -0.25) is 0 Å². The molecule has 1 unspecified atom stereocenters. The molecule has 0 radical (unpaired) electrons. The molecule has 4 N–H and O–H groups in total. The zero-order valence-electron chi connectivity index (χ0n) is 11.9. The number of nitrogens with zero attached hydrogens (tertiary/aromatic N) is 1. The molecule has 4 heteroatoms. The van der Waals surface area contributed by atoms with Gasteiger partial charge in [-0.2, -0.15) is 0 Å². The zero-order valence-corrected chi connectivity index (χ0v) is 11.9. The van der Waals surface area contributed by atoms with Gasteiger partial charge in [0.05, 0.1) is 0 Å². The van der Waals surface area contributed by atoms with Crippen molar-refractivity contribution in [1.29, 1.82) is 0 Å². The molecule has 0 saturated carbocycles. The molecule has 0 aliphatic carbocycles. The van der Waals surface area contributed by atoms with Crippen LogP contribution in [-0.2, 0) is 6.42 Å². The Morgan fingerprint density at radius 2 is 2.00 bits per heavy atom. The van der Waals surface area contributed by atoms with Crippen LogP contribution in [0.3, 0.4) is 0 Å². The molecular weight excluding hydrogens is 238 g/mol. The van der Waals surface area contributed by atoms with Gasteiger partial charge < -0.3 is 16.3 Å². The minimum atomic E-state index is 0.309. The maximum atomic E-state index is 8.42. The molecule has 1 atom stereocenters. The van der Waals surface area contributed by atoms with E-state index >= 15 is 0 Å². The van der Waals surface area contributed by atoms with Crippen LogP contribution in [0.4, 0.5) is 0 Å². The van der Waals surface area contributed by atoms with Crippen molar-refractivity contribution >= 4 is 5.84 Å². The largest absolute Gasteiger partial charge is 0.409 e. The van der Waals surface area contributed by atoms with Gasteiger partial charge in [0.15, 0.2) is 0 Å². The van der Waals surface area contributed by atoms with Gasteiger partial charge in [0.2, 0.25) is 0 Å². The lowest BCUT2D eigenvalue weighted by Gasteiger charge is -2.14. The van der Waals surface area contributed by atoms with Crippen LogP contribution in [0.5, 0.6) is 0 Å². The lowest BCUT2D eigenvalue weighted by Crippen LogP contribution is -2.20. The smallest absolute Gasteiger partial charge is 0.139 e. The highest BCUT2D eigenvalue weighted by Crippen LogP contribution is 2.13. The van der Waals surface area contributed by atoms with Gasteiger partial charge in [0.1, 0.15) is 5.84 Å². The normalized spacial score (nSPS) is 13.5. The molecule has 0 aliphatic rings. The lowest BCUT2D eigenvalue weighted by molar-refractivity contribution is 0.316. The van der Waals surface area contributed by atoms with Gasteiger partial charge in [0.25, 0.3) is 0 Å². The zero-order chi connectivity index (χ0) is 14.1. The molecule has 106 valence electrons. The van der Waals surface area contributed by atoms with Crippen molar-refractivity contribution in [2.75, 3.05) is 6.54 Å². The number of nitrogens with one attached hydrogen (secondary N) is 1. The Morgan fingerprint density at radius 1 is 1.32 bits per heavy atom. The van der Waals surface area contributed by atoms with Crippen LogP contribution < -0.4 is 11.1 Å². The third-order valence-electron chi connectivity index (χ3n) is 3.33. The van der Waals surface area contributed by atoms with Gasteiger partial charge in [-0.1, -0.05) is 36.3 Å². The fourth-order valence-electron chi connectivity index (χ4n) is 1.96. The van der Waals surface area contributed by atoms with E-state index in [2.05, 4.69) is 48.6 Å². The van der Waals surface area contributed by atoms with Crippen LogP contribution in [0.15, 0.2) is 29.4 Å². The van der Waals surface area contributed by atoms with E-state index in [1.54, 1.807) is 0 Å². The fraction of sp³-hybridized carbons (Fsp3) is 0.533. The van der Waals surface area contributed by atoms with E-state index in [1.807, 2.05) is 0 Å². The number of amidine groups is 1. The van der Waals surface area contributed by atoms with Crippen molar-refractivity contribution < 1.29 is 5.21 Å². The SMILES string of the molecule is CCc1ccc(C(C)NCCCCC(N)=NO)cc1. The second kappa shape index (κ2) is 8.53. The van der Waals surface area contributed by atoms with Crippen LogP contribution in [-0.4, -0.2) is 17.6 Å². The Hall–Kier alpha value is -1.55. The molecule has 1 aromatic rings. The van der Waals surface area contributed by atoms with E-state index in [9.17, 15) is 0 Å². The summed E-state index contributed by atoms with van der Waals surface area (Å²) in [5, 5.41) is 14.9. The minimum absolute atomic E-state index is 0.309. The van der Waals surface area contributed by atoms with Gasteiger partial charge in [0, 0.05) is 12.5 Å². The molecule has 0 spiro atoms. The summed E-state index contributed by atoms with van der Waals surface area (Å²) < 4.78 is 0. The van der Waals surface area contributed by atoms with E-state index in [4.69, 9.17) is 10.9 Å². The second-order valence-corrected chi connectivity index (χ2v) is 4.82. The second-order valence-electron chi connectivity index (χ2n) is 4.82. The number of unbranched alkanes of at least 4 members (excludes halogenated alkanes) is 1. The predicted octanol–water partition coefficient (Wildman–Crippen LogP) is 2.82. The Kier molecular flexibility index (Phi) is 6.97. The Bertz CT molecular complexity index is 387. The first-order chi connectivity index (χ1) is 9.17. The van der Waals surface area contributed by atoms with Crippen LogP contribution in [0.1, 0.15) is 50.3 Å². The quantitative estimate of drug-likeness (QED) is 0.222. The third kappa shape index (κ3) is 5.75. The summed E-state index contributed by atoms with van der Waals surface area (Å²) in [6.45, 7) is 5.28. The number of aryl methyl sites for hydroxylation is 1. The molecule has 4 nitrogen and oxygen atoms in total. The molecule has 19 heavy (non-hydrogen) atoms. The number of hydrogen-bond donors (Lipinski definition) is 3. The molecule has 1 rings (SSSR count). The molecule has 0 fully saturated rings. The first kappa shape index (κ1) is 15.5. The van der Waals surface area contributed by atoms with Gasteiger partial charge in [-0.25, -0.2) is 0 Å². The first-order valence-electron chi connectivity index (χ1n) is 6.96. The van der Waals surface area contributed by atoms with E-state index < -0.39 is 0 Å². The van der Waals surface area contributed by atoms with Gasteiger partial charge >= 0.3 is 0 Å². The topological polar surface area (TPSA) is 70.6 Å². The lowest BCUT2D eigenvalue weighted by atomic mass is 10.0. The van der Waals surface area contributed by atoms with Crippen LogP contribution in [0.25, 0.3) is 0 Å². The average Bonchev–Trinajstić information content (AvgIpc) is 2.46.